The van der Waals surface area contributed by atoms with Gasteiger partial charge in [0, 0.05) is 63.8 Å². The molecule has 25 heavy (non-hydrogen) atoms. The molecule has 3 heterocycles. The molecule has 2 aliphatic heterocycles. The SMILES string of the molecule is COCCN1CCC2(CCN(C(=O)c3ccncc3)CC2)[C@H](CO)C1. The van der Waals surface area contributed by atoms with Crippen LogP contribution in [-0.2, 0) is 4.74 Å². The molecule has 1 atom stereocenters. The number of nitrogens with zero attached hydrogens (tertiary/aromatic N) is 3. The van der Waals surface area contributed by atoms with Crippen molar-refractivity contribution in [3.05, 3.63) is 30.1 Å². The number of amides is 1. The van der Waals surface area contributed by atoms with Crippen LogP contribution in [0, 0.1) is 11.3 Å². The lowest BCUT2D eigenvalue weighted by molar-refractivity contribution is -0.0415. The highest BCUT2D eigenvalue weighted by Crippen LogP contribution is 2.45. The van der Waals surface area contributed by atoms with Gasteiger partial charge in [0.1, 0.15) is 0 Å². The number of likely N-dealkylation sites (tertiary alicyclic amines) is 2. The Bertz CT molecular complexity index is 558. The van der Waals surface area contributed by atoms with Gasteiger partial charge in [-0.25, -0.2) is 0 Å². The third kappa shape index (κ3) is 4.02. The number of hydrogen-bond acceptors (Lipinski definition) is 5. The maximum absolute atomic E-state index is 12.6. The van der Waals surface area contributed by atoms with E-state index in [0.717, 1.165) is 58.6 Å². The first-order valence-electron chi connectivity index (χ1n) is 9.20. The predicted octanol–water partition coefficient (Wildman–Crippen LogP) is 1.26. The minimum Gasteiger partial charge on any atom is -0.396 e. The van der Waals surface area contributed by atoms with Gasteiger partial charge in [-0.15, -0.1) is 0 Å². The molecule has 2 saturated heterocycles. The van der Waals surface area contributed by atoms with Crippen LogP contribution in [0.2, 0.25) is 0 Å². The van der Waals surface area contributed by atoms with Crippen molar-refractivity contribution in [2.75, 3.05) is 53.0 Å². The zero-order chi connectivity index (χ0) is 17.7. The Balaban J connectivity index is 1.59. The summed E-state index contributed by atoms with van der Waals surface area (Å²) in [7, 11) is 1.73. The van der Waals surface area contributed by atoms with Crippen LogP contribution in [0.1, 0.15) is 29.6 Å². The Morgan fingerprint density at radius 3 is 2.60 bits per heavy atom. The summed E-state index contributed by atoms with van der Waals surface area (Å²) in [6.45, 7) is 5.42. The average Bonchev–Trinajstić information content (AvgIpc) is 2.68. The van der Waals surface area contributed by atoms with Gasteiger partial charge in [0.25, 0.3) is 5.91 Å². The van der Waals surface area contributed by atoms with Gasteiger partial charge in [0.15, 0.2) is 0 Å². The molecule has 2 fully saturated rings. The predicted molar refractivity (Wildman–Crippen MR) is 95.3 cm³/mol. The largest absolute Gasteiger partial charge is 0.396 e. The van der Waals surface area contributed by atoms with E-state index < -0.39 is 0 Å². The van der Waals surface area contributed by atoms with Gasteiger partial charge in [-0.3, -0.25) is 9.78 Å². The molecular formula is C19H29N3O3. The zero-order valence-corrected chi connectivity index (χ0v) is 15.1. The van der Waals surface area contributed by atoms with Crippen LogP contribution in [-0.4, -0.2) is 78.8 Å². The van der Waals surface area contributed by atoms with Crippen molar-refractivity contribution < 1.29 is 14.6 Å². The Labute approximate surface area is 149 Å². The van der Waals surface area contributed by atoms with Crippen LogP contribution >= 0.6 is 0 Å². The van der Waals surface area contributed by atoms with Crippen molar-refractivity contribution >= 4 is 5.91 Å². The molecule has 1 aromatic heterocycles. The number of aliphatic hydroxyl groups excluding tert-OH is 1. The van der Waals surface area contributed by atoms with Gasteiger partial charge in [-0.1, -0.05) is 0 Å². The topological polar surface area (TPSA) is 65.9 Å². The standard InChI is InChI=1S/C19H29N3O3/c1-25-13-12-21-9-4-19(17(14-21)15-23)5-10-22(11-6-19)18(24)16-2-7-20-8-3-16/h2-3,7-8,17,23H,4-6,9-15H2,1H3/t17-/m0/s1. The maximum atomic E-state index is 12.6. The van der Waals surface area contributed by atoms with E-state index in [2.05, 4.69) is 9.88 Å². The molecular weight excluding hydrogens is 318 g/mol. The highest BCUT2D eigenvalue weighted by atomic mass is 16.5. The second-order valence-electron chi connectivity index (χ2n) is 7.31. The molecule has 0 bridgehead atoms. The van der Waals surface area contributed by atoms with Crippen LogP contribution in [0.4, 0.5) is 0 Å². The van der Waals surface area contributed by atoms with Crippen LogP contribution in [0.3, 0.4) is 0 Å². The number of aromatic nitrogens is 1. The minimum atomic E-state index is 0.0929. The molecule has 0 aromatic carbocycles. The summed E-state index contributed by atoms with van der Waals surface area (Å²) in [6, 6.07) is 3.55. The number of hydrogen-bond donors (Lipinski definition) is 1. The molecule has 1 N–H and O–H groups in total. The summed E-state index contributed by atoms with van der Waals surface area (Å²) in [5.74, 6) is 0.381. The monoisotopic (exact) mass is 347 g/mol. The molecule has 0 unspecified atom stereocenters. The smallest absolute Gasteiger partial charge is 0.253 e. The number of pyridine rings is 1. The number of carbonyl (C=O) groups is 1. The van der Waals surface area contributed by atoms with E-state index in [1.807, 2.05) is 4.90 Å². The summed E-state index contributed by atoms with van der Waals surface area (Å²) in [6.07, 6.45) is 6.38. The fourth-order valence-electron chi connectivity index (χ4n) is 4.35. The zero-order valence-electron chi connectivity index (χ0n) is 15.1. The Morgan fingerprint density at radius 2 is 1.96 bits per heavy atom. The minimum absolute atomic E-state index is 0.0929. The van der Waals surface area contributed by atoms with E-state index in [0.29, 0.717) is 5.56 Å². The van der Waals surface area contributed by atoms with E-state index in [-0.39, 0.29) is 23.8 Å². The Morgan fingerprint density at radius 1 is 1.28 bits per heavy atom. The summed E-state index contributed by atoms with van der Waals surface area (Å²) in [4.78, 5) is 20.9. The number of carbonyl (C=O) groups excluding carboxylic acids is 1. The van der Waals surface area contributed by atoms with E-state index in [9.17, 15) is 9.90 Å². The number of ether oxygens (including phenoxy) is 1. The van der Waals surface area contributed by atoms with Gasteiger partial charge in [0.05, 0.1) is 6.61 Å². The average molecular weight is 347 g/mol. The van der Waals surface area contributed by atoms with E-state index >= 15 is 0 Å². The Kier molecular flexibility index (Phi) is 6.04. The van der Waals surface area contributed by atoms with Crippen molar-refractivity contribution in [3.8, 4) is 0 Å². The maximum Gasteiger partial charge on any atom is 0.253 e. The molecule has 0 radical (unpaired) electrons. The van der Waals surface area contributed by atoms with E-state index in [1.54, 1.807) is 31.6 Å². The van der Waals surface area contributed by atoms with Gasteiger partial charge >= 0.3 is 0 Å². The molecule has 1 spiro atoms. The van der Waals surface area contributed by atoms with Crippen LogP contribution in [0.15, 0.2) is 24.5 Å². The third-order valence-corrected chi connectivity index (χ3v) is 6.08. The molecule has 6 heteroatoms. The molecule has 138 valence electrons. The number of aliphatic hydroxyl groups is 1. The highest BCUT2D eigenvalue weighted by molar-refractivity contribution is 5.94. The first-order valence-corrected chi connectivity index (χ1v) is 9.20. The lowest BCUT2D eigenvalue weighted by Crippen LogP contribution is -2.54. The van der Waals surface area contributed by atoms with E-state index in [1.165, 1.54) is 0 Å². The lowest BCUT2D eigenvalue weighted by atomic mass is 9.64. The number of piperidine rings is 2. The van der Waals surface area contributed by atoms with Gasteiger partial charge in [0.2, 0.25) is 0 Å². The second-order valence-corrected chi connectivity index (χ2v) is 7.31. The molecule has 1 aromatic rings. The fourth-order valence-corrected chi connectivity index (χ4v) is 4.35. The molecule has 2 aliphatic rings. The number of methoxy groups -OCH3 is 1. The van der Waals surface area contributed by atoms with Crippen molar-refractivity contribution in [1.29, 1.82) is 0 Å². The highest BCUT2D eigenvalue weighted by Gasteiger charge is 2.44. The van der Waals surface area contributed by atoms with Crippen molar-refractivity contribution in [2.24, 2.45) is 11.3 Å². The van der Waals surface area contributed by atoms with Crippen LogP contribution in [0.5, 0.6) is 0 Å². The molecule has 0 saturated carbocycles. The molecule has 0 aliphatic carbocycles. The first kappa shape index (κ1) is 18.3. The molecule has 6 nitrogen and oxygen atoms in total. The van der Waals surface area contributed by atoms with Gasteiger partial charge < -0.3 is 19.6 Å². The summed E-state index contributed by atoms with van der Waals surface area (Å²) >= 11 is 0. The van der Waals surface area contributed by atoms with Gasteiger partial charge in [-0.2, -0.15) is 0 Å². The number of rotatable bonds is 5. The van der Waals surface area contributed by atoms with Gasteiger partial charge in [-0.05, 0) is 43.4 Å². The molecule has 1 amide bonds. The third-order valence-electron chi connectivity index (χ3n) is 6.08. The second kappa shape index (κ2) is 8.25. The Hall–Kier alpha value is -1.50. The summed E-state index contributed by atoms with van der Waals surface area (Å²) in [5.41, 5.74) is 0.881. The van der Waals surface area contributed by atoms with Crippen molar-refractivity contribution in [2.45, 2.75) is 19.3 Å². The van der Waals surface area contributed by atoms with Crippen LogP contribution in [0.25, 0.3) is 0 Å². The van der Waals surface area contributed by atoms with E-state index in [4.69, 9.17) is 4.74 Å². The normalized spacial score (nSPS) is 23.8. The van der Waals surface area contributed by atoms with Crippen LogP contribution < -0.4 is 0 Å². The quantitative estimate of drug-likeness (QED) is 0.869. The van der Waals surface area contributed by atoms with Crippen molar-refractivity contribution in [3.63, 3.8) is 0 Å². The first-order chi connectivity index (χ1) is 12.2. The van der Waals surface area contributed by atoms with Crippen molar-refractivity contribution in [1.82, 2.24) is 14.8 Å². The molecule has 3 rings (SSSR count). The summed E-state index contributed by atoms with van der Waals surface area (Å²) in [5, 5.41) is 9.96. The fraction of sp³-hybridized carbons (Fsp3) is 0.684. The summed E-state index contributed by atoms with van der Waals surface area (Å²) < 4.78 is 5.18. The lowest BCUT2D eigenvalue weighted by Gasteiger charge is -2.51.